The minimum atomic E-state index is -0.966. The Morgan fingerprint density at radius 1 is 0.694 bits per heavy atom. The van der Waals surface area contributed by atoms with E-state index >= 15 is 0 Å². The number of hydrogen-bond donors (Lipinski definition) is 0. The zero-order valence-corrected chi connectivity index (χ0v) is 20.7. The smallest absolute Gasteiger partial charge is 0.0641 e. The minimum Gasteiger partial charge on any atom is -0.851 e. The molecule has 3 aliphatic rings. The Hall–Kier alpha value is -3.16. The number of allylic oxidation sites excluding steroid dienone is 4. The van der Waals surface area contributed by atoms with Crippen LogP contribution in [0.1, 0.15) is 11.1 Å². The van der Waals surface area contributed by atoms with E-state index in [1.165, 1.54) is 0 Å². The van der Waals surface area contributed by atoms with Gasteiger partial charge in [0, 0.05) is 62.2 Å². The van der Waals surface area contributed by atoms with E-state index in [0.717, 1.165) is 46.7 Å². The maximum Gasteiger partial charge on any atom is 0.0641 e. The first-order valence-electron chi connectivity index (χ1n) is 12.4. The van der Waals surface area contributed by atoms with Crippen molar-refractivity contribution in [2.24, 2.45) is 11.8 Å². The molecule has 0 aromatic heterocycles. The molecule has 5 rings (SSSR count). The Labute approximate surface area is 213 Å². The first-order valence-corrected chi connectivity index (χ1v) is 12.4. The largest absolute Gasteiger partial charge is 0.851 e. The summed E-state index contributed by atoms with van der Waals surface area (Å²) in [5, 5.41) is 26.5. The Morgan fingerprint density at radius 3 is 1.53 bits per heavy atom. The van der Waals surface area contributed by atoms with Gasteiger partial charge in [0.2, 0.25) is 0 Å². The molecule has 6 heteroatoms. The standard InChI is InChI=1S/C30H32N2O4/c1-35-17-15-31-13-11-21(23-7-3-5-9-27(23)31)19-25-29(33)26(30(25)34)20-22-12-14-32(16-18-36-2)28-10-6-4-8-24(22)28/h3-14,19-20,25-26,29-30H,15-18H2,1-2H3/q-2. The molecule has 0 N–H and O–H groups in total. The number of ether oxygens (including phenoxy) is 2. The van der Waals surface area contributed by atoms with Crippen LogP contribution in [0, 0.1) is 11.8 Å². The molecule has 0 amide bonds. The quantitative estimate of drug-likeness (QED) is 0.574. The lowest BCUT2D eigenvalue weighted by Gasteiger charge is -2.60. The number of methoxy groups -OCH3 is 2. The summed E-state index contributed by atoms with van der Waals surface area (Å²) < 4.78 is 10.5. The van der Waals surface area contributed by atoms with E-state index in [1.54, 1.807) is 14.2 Å². The van der Waals surface area contributed by atoms with Gasteiger partial charge in [0.15, 0.2) is 0 Å². The molecule has 2 aromatic carbocycles. The normalized spacial score (nSPS) is 26.8. The van der Waals surface area contributed by atoms with E-state index in [4.69, 9.17) is 9.47 Å². The number of hydrogen-bond acceptors (Lipinski definition) is 6. The zero-order valence-electron chi connectivity index (χ0n) is 20.7. The lowest BCUT2D eigenvalue weighted by Crippen LogP contribution is -2.65. The lowest BCUT2D eigenvalue weighted by atomic mass is 9.67. The van der Waals surface area contributed by atoms with Crippen LogP contribution in [-0.2, 0) is 9.47 Å². The third-order valence-electron chi connectivity index (χ3n) is 7.25. The van der Waals surface area contributed by atoms with Gasteiger partial charge in [-0.25, -0.2) is 0 Å². The molecule has 1 aliphatic carbocycles. The number of nitrogens with zero attached hydrogens (tertiary/aromatic N) is 2. The van der Waals surface area contributed by atoms with Gasteiger partial charge in [-0.05, 0) is 47.3 Å². The summed E-state index contributed by atoms with van der Waals surface area (Å²) in [4.78, 5) is 4.27. The van der Waals surface area contributed by atoms with Gasteiger partial charge in [-0.1, -0.05) is 48.6 Å². The van der Waals surface area contributed by atoms with Gasteiger partial charge in [-0.3, -0.25) is 0 Å². The second kappa shape index (κ2) is 10.8. The molecular weight excluding hydrogens is 452 g/mol. The highest BCUT2D eigenvalue weighted by Gasteiger charge is 2.35. The van der Waals surface area contributed by atoms with Gasteiger partial charge in [-0.15, -0.1) is 12.2 Å². The summed E-state index contributed by atoms with van der Waals surface area (Å²) >= 11 is 0. The van der Waals surface area contributed by atoms with Crippen molar-refractivity contribution in [1.82, 2.24) is 0 Å². The molecule has 2 aromatic rings. The predicted octanol–water partition coefficient (Wildman–Crippen LogP) is 2.82. The first kappa shape index (κ1) is 24.5. The van der Waals surface area contributed by atoms with Crippen molar-refractivity contribution in [2.75, 3.05) is 50.3 Å². The Kier molecular flexibility index (Phi) is 7.39. The molecule has 0 bridgehead atoms. The van der Waals surface area contributed by atoms with Crippen LogP contribution in [0.2, 0.25) is 0 Å². The minimum absolute atomic E-state index is 0.550. The molecule has 2 aliphatic heterocycles. The van der Waals surface area contributed by atoms with Crippen LogP contribution in [-0.4, -0.2) is 52.7 Å². The molecule has 36 heavy (non-hydrogen) atoms. The van der Waals surface area contributed by atoms with Crippen LogP contribution in [0.5, 0.6) is 0 Å². The molecule has 0 radical (unpaired) electrons. The SMILES string of the molecule is COCCN1C=CC(=CC2C([O-])C(C=C3C=CN(CCOC)c4ccccc43)C2[O-])c2ccccc21. The summed E-state index contributed by atoms with van der Waals surface area (Å²) in [6.45, 7) is 2.71. The molecule has 0 saturated heterocycles. The van der Waals surface area contributed by atoms with Gasteiger partial charge in [0.1, 0.15) is 0 Å². The molecule has 1 saturated carbocycles. The third-order valence-corrected chi connectivity index (χ3v) is 7.25. The van der Waals surface area contributed by atoms with E-state index in [-0.39, 0.29) is 0 Å². The van der Waals surface area contributed by atoms with Crippen molar-refractivity contribution < 1.29 is 19.7 Å². The molecule has 0 spiro atoms. The number of para-hydroxylation sites is 2. The van der Waals surface area contributed by atoms with Crippen molar-refractivity contribution in [1.29, 1.82) is 0 Å². The van der Waals surface area contributed by atoms with Gasteiger partial charge in [0.25, 0.3) is 0 Å². The Bertz CT molecular complexity index is 1100. The highest BCUT2D eigenvalue weighted by molar-refractivity contribution is 5.87. The van der Waals surface area contributed by atoms with Gasteiger partial charge >= 0.3 is 0 Å². The summed E-state index contributed by atoms with van der Waals surface area (Å²) in [6.07, 6.45) is 9.86. The molecule has 6 nitrogen and oxygen atoms in total. The van der Waals surface area contributed by atoms with Crippen LogP contribution in [0.3, 0.4) is 0 Å². The fraction of sp³-hybridized carbons (Fsp3) is 0.333. The van der Waals surface area contributed by atoms with Crippen LogP contribution >= 0.6 is 0 Å². The number of anilines is 2. The highest BCUT2D eigenvalue weighted by atomic mass is 16.5. The van der Waals surface area contributed by atoms with Crippen LogP contribution in [0.15, 0.2) is 85.2 Å². The van der Waals surface area contributed by atoms with E-state index in [2.05, 4.69) is 21.9 Å². The molecule has 188 valence electrons. The second-order valence-corrected chi connectivity index (χ2v) is 9.37. The Morgan fingerprint density at radius 2 is 1.11 bits per heavy atom. The van der Waals surface area contributed by atoms with Gasteiger partial charge in [0.05, 0.1) is 13.2 Å². The van der Waals surface area contributed by atoms with Crippen molar-refractivity contribution in [3.8, 4) is 0 Å². The monoisotopic (exact) mass is 484 g/mol. The maximum atomic E-state index is 13.2. The maximum absolute atomic E-state index is 13.2. The number of fused-ring (bicyclic) bond motifs is 2. The van der Waals surface area contributed by atoms with Gasteiger partial charge < -0.3 is 29.5 Å². The average molecular weight is 485 g/mol. The van der Waals surface area contributed by atoms with E-state index in [1.807, 2.05) is 73.1 Å². The van der Waals surface area contributed by atoms with Crippen LogP contribution in [0.25, 0.3) is 11.1 Å². The van der Waals surface area contributed by atoms with Crippen LogP contribution < -0.4 is 20.0 Å². The fourth-order valence-electron chi connectivity index (χ4n) is 5.21. The summed E-state index contributed by atoms with van der Waals surface area (Å²) in [5.41, 5.74) is 6.08. The highest BCUT2D eigenvalue weighted by Crippen LogP contribution is 2.41. The Balaban J connectivity index is 1.36. The molecule has 0 atom stereocenters. The van der Waals surface area contributed by atoms with Crippen molar-refractivity contribution >= 4 is 22.5 Å². The third kappa shape index (κ3) is 4.65. The second-order valence-electron chi connectivity index (χ2n) is 9.37. The summed E-state index contributed by atoms with van der Waals surface area (Å²) in [6, 6.07) is 16.2. The van der Waals surface area contributed by atoms with E-state index in [0.29, 0.717) is 13.2 Å². The van der Waals surface area contributed by atoms with Gasteiger partial charge in [-0.2, -0.15) is 0 Å². The molecular formula is C30H32N2O4-2. The predicted molar refractivity (Wildman–Crippen MR) is 140 cm³/mol. The molecule has 0 unspecified atom stereocenters. The number of rotatable bonds is 8. The van der Waals surface area contributed by atoms with Crippen molar-refractivity contribution in [2.45, 2.75) is 12.2 Å². The summed E-state index contributed by atoms with van der Waals surface area (Å²) in [7, 11) is 3.38. The van der Waals surface area contributed by atoms with E-state index < -0.39 is 24.0 Å². The molecule has 2 heterocycles. The first-order chi connectivity index (χ1) is 17.6. The average Bonchev–Trinajstić information content (AvgIpc) is 2.92. The zero-order chi connectivity index (χ0) is 25.1. The lowest BCUT2D eigenvalue weighted by molar-refractivity contribution is -0.549. The molecule has 1 fully saturated rings. The number of benzene rings is 2. The topological polar surface area (TPSA) is 71.1 Å². The fourth-order valence-corrected chi connectivity index (χ4v) is 5.21. The van der Waals surface area contributed by atoms with Crippen LogP contribution in [0.4, 0.5) is 11.4 Å². The van der Waals surface area contributed by atoms with Crippen molar-refractivity contribution in [3.63, 3.8) is 0 Å². The van der Waals surface area contributed by atoms with E-state index in [9.17, 15) is 10.2 Å². The summed E-state index contributed by atoms with van der Waals surface area (Å²) in [5.74, 6) is -1.10. The van der Waals surface area contributed by atoms with Crippen molar-refractivity contribution in [3.05, 3.63) is 96.4 Å².